The number of aromatic nitrogens is 1. The highest BCUT2D eigenvalue weighted by atomic mass is 32.2. The topological polar surface area (TPSA) is 73.8 Å². The molecule has 2 aliphatic rings. The van der Waals surface area contributed by atoms with E-state index < -0.39 is 5.91 Å². The molecule has 1 N–H and O–H groups in total. The van der Waals surface area contributed by atoms with Crippen LogP contribution >= 0.6 is 11.8 Å². The van der Waals surface area contributed by atoms with Crippen molar-refractivity contribution in [2.75, 3.05) is 0 Å². The largest absolute Gasteiger partial charge is 0.318 e. The second-order valence-corrected chi connectivity index (χ2v) is 8.13. The van der Waals surface area contributed by atoms with E-state index in [1.54, 1.807) is 11.6 Å². The fourth-order valence-corrected chi connectivity index (χ4v) is 4.22. The lowest BCUT2D eigenvalue weighted by molar-refractivity contribution is -0.114. The van der Waals surface area contributed by atoms with Crippen molar-refractivity contribution in [3.63, 3.8) is 0 Å². The van der Waals surface area contributed by atoms with Crippen LogP contribution in [0.2, 0.25) is 0 Å². The minimum Gasteiger partial charge on any atom is -0.318 e. The number of hydrazone groups is 1. The SMILES string of the molecule is CC[C@H](C)c1ccc(-n2c(C)cc(/C=C3/C(=N)N4N=CSC4=NC3=O)c2C)cc1. The molecular weight excluding hydrogens is 382 g/mol. The number of aryl methyl sites for hydroxylation is 1. The molecule has 2 aromatic rings. The summed E-state index contributed by atoms with van der Waals surface area (Å²) < 4.78 is 2.17. The molecular formula is C22H23N5OS. The van der Waals surface area contributed by atoms with Gasteiger partial charge in [0.1, 0.15) is 0 Å². The number of thioether (sulfide) groups is 1. The number of aliphatic imine (C=N–C) groups is 1. The lowest BCUT2D eigenvalue weighted by Crippen LogP contribution is -2.35. The van der Waals surface area contributed by atoms with Crippen molar-refractivity contribution in [3.05, 3.63) is 58.4 Å². The third kappa shape index (κ3) is 3.35. The smallest absolute Gasteiger partial charge is 0.283 e. The van der Waals surface area contributed by atoms with Crippen molar-refractivity contribution in [3.8, 4) is 5.69 Å². The predicted molar refractivity (Wildman–Crippen MR) is 120 cm³/mol. The van der Waals surface area contributed by atoms with Gasteiger partial charge in [-0.05, 0) is 73.4 Å². The van der Waals surface area contributed by atoms with Crippen molar-refractivity contribution in [1.82, 2.24) is 9.58 Å². The van der Waals surface area contributed by atoms with E-state index >= 15 is 0 Å². The van der Waals surface area contributed by atoms with Gasteiger partial charge in [-0.3, -0.25) is 10.2 Å². The molecule has 2 aliphatic heterocycles. The molecule has 6 nitrogen and oxygen atoms in total. The first kappa shape index (κ1) is 19.4. The van der Waals surface area contributed by atoms with Crippen LogP contribution in [0.15, 0.2) is 46.0 Å². The average molecular weight is 406 g/mol. The first-order valence-corrected chi connectivity index (χ1v) is 10.5. The maximum atomic E-state index is 12.5. The van der Waals surface area contributed by atoms with Gasteiger partial charge >= 0.3 is 0 Å². The Morgan fingerprint density at radius 2 is 1.97 bits per heavy atom. The minimum atomic E-state index is -0.401. The molecule has 0 bridgehead atoms. The number of amides is 1. The van der Waals surface area contributed by atoms with Crippen molar-refractivity contribution in [2.24, 2.45) is 10.1 Å². The third-order valence-corrected chi connectivity index (χ3v) is 6.17. The molecule has 0 fully saturated rings. The molecule has 0 radical (unpaired) electrons. The number of nitrogens with one attached hydrogen (secondary N) is 1. The zero-order valence-corrected chi connectivity index (χ0v) is 17.7. The molecule has 0 spiro atoms. The molecule has 7 heteroatoms. The van der Waals surface area contributed by atoms with Crippen LogP contribution in [0.5, 0.6) is 0 Å². The average Bonchev–Trinajstić information content (AvgIpc) is 3.29. The van der Waals surface area contributed by atoms with Gasteiger partial charge in [0, 0.05) is 17.1 Å². The van der Waals surface area contributed by atoms with E-state index in [0.29, 0.717) is 11.1 Å². The van der Waals surface area contributed by atoms with Gasteiger partial charge in [-0.1, -0.05) is 26.0 Å². The number of fused-ring (bicyclic) bond motifs is 1. The zero-order valence-electron chi connectivity index (χ0n) is 16.9. The third-order valence-electron chi connectivity index (χ3n) is 5.50. The molecule has 1 atom stereocenters. The number of nitrogens with zero attached hydrogens (tertiary/aromatic N) is 4. The molecule has 0 unspecified atom stereocenters. The monoisotopic (exact) mass is 405 g/mol. The van der Waals surface area contributed by atoms with Gasteiger partial charge in [0.2, 0.25) is 0 Å². The van der Waals surface area contributed by atoms with E-state index in [1.165, 1.54) is 22.3 Å². The second-order valence-electron chi connectivity index (χ2n) is 7.32. The summed E-state index contributed by atoms with van der Waals surface area (Å²) in [5.41, 5.74) is 7.23. The van der Waals surface area contributed by atoms with Crippen LogP contribution in [0.4, 0.5) is 0 Å². The highest BCUT2D eigenvalue weighted by Crippen LogP contribution is 2.28. The number of carbonyl (C=O) groups excluding carboxylic acids is 1. The Balaban J connectivity index is 1.71. The van der Waals surface area contributed by atoms with Gasteiger partial charge in [-0.15, -0.1) is 0 Å². The van der Waals surface area contributed by atoms with E-state index in [-0.39, 0.29) is 11.4 Å². The molecule has 3 heterocycles. The fraction of sp³-hybridized carbons (Fsp3) is 0.273. The summed E-state index contributed by atoms with van der Waals surface area (Å²) in [6, 6.07) is 10.7. The summed E-state index contributed by atoms with van der Waals surface area (Å²) in [7, 11) is 0. The van der Waals surface area contributed by atoms with Gasteiger partial charge in [-0.25, -0.2) is 0 Å². The zero-order chi connectivity index (χ0) is 20.7. The standard InChI is InChI=1S/C22H23N5OS/c1-5-13(2)16-6-8-18(9-7-16)26-14(3)10-17(15(26)4)11-19-20(23)27-22(25-21(19)28)29-12-24-27/h6-13,23H,5H2,1-4H3/b19-11-,23-20?/t13-/m0/s1. The van der Waals surface area contributed by atoms with Gasteiger partial charge in [0.25, 0.3) is 5.91 Å². The van der Waals surface area contributed by atoms with Gasteiger partial charge in [0.15, 0.2) is 11.0 Å². The van der Waals surface area contributed by atoms with Crippen molar-refractivity contribution in [1.29, 1.82) is 5.41 Å². The molecule has 0 saturated carbocycles. The minimum absolute atomic E-state index is 0.0592. The van der Waals surface area contributed by atoms with Crippen LogP contribution in [0.25, 0.3) is 11.8 Å². The van der Waals surface area contributed by atoms with Crippen LogP contribution in [0.3, 0.4) is 0 Å². The number of benzene rings is 1. The summed E-state index contributed by atoms with van der Waals surface area (Å²) in [6.45, 7) is 8.50. The van der Waals surface area contributed by atoms with E-state index in [2.05, 4.69) is 52.8 Å². The van der Waals surface area contributed by atoms with E-state index in [0.717, 1.165) is 29.1 Å². The predicted octanol–water partition coefficient (Wildman–Crippen LogP) is 4.86. The Morgan fingerprint density at radius 3 is 2.66 bits per heavy atom. The second kappa shape index (κ2) is 7.48. The Kier molecular flexibility index (Phi) is 5.00. The van der Waals surface area contributed by atoms with E-state index in [1.807, 2.05) is 19.9 Å². The van der Waals surface area contributed by atoms with Crippen molar-refractivity contribution >= 4 is 40.3 Å². The number of rotatable bonds is 4. The van der Waals surface area contributed by atoms with E-state index in [4.69, 9.17) is 5.41 Å². The molecule has 148 valence electrons. The summed E-state index contributed by atoms with van der Waals surface area (Å²) in [4.78, 5) is 16.5. The summed E-state index contributed by atoms with van der Waals surface area (Å²) in [6.07, 6.45) is 2.86. The van der Waals surface area contributed by atoms with Crippen LogP contribution in [0.1, 0.15) is 48.7 Å². The molecule has 1 aromatic heterocycles. The first-order chi connectivity index (χ1) is 13.9. The van der Waals surface area contributed by atoms with Crippen LogP contribution < -0.4 is 0 Å². The quantitative estimate of drug-likeness (QED) is 0.739. The molecule has 0 saturated heterocycles. The Hall–Kier alpha value is -2.93. The summed E-state index contributed by atoms with van der Waals surface area (Å²) in [5, 5.41) is 14.3. The van der Waals surface area contributed by atoms with Crippen molar-refractivity contribution < 1.29 is 4.79 Å². The number of amidine groups is 2. The highest BCUT2D eigenvalue weighted by molar-refractivity contribution is 8.25. The molecule has 4 rings (SSSR count). The van der Waals surface area contributed by atoms with Crippen LogP contribution in [0, 0.1) is 19.3 Å². The summed E-state index contributed by atoms with van der Waals surface area (Å²) >= 11 is 1.24. The Labute approximate surface area is 174 Å². The van der Waals surface area contributed by atoms with Crippen LogP contribution in [-0.2, 0) is 4.79 Å². The Bertz CT molecular complexity index is 1090. The number of carbonyl (C=O) groups is 1. The lowest BCUT2D eigenvalue weighted by atomic mass is 9.98. The molecule has 29 heavy (non-hydrogen) atoms. The number of hydrogen-bond donors (Lipinski definition) is 1. The van der Waals surface area contributed by atoms with E-state index in [9.17, 15) is 4.79 Å². The lowest BCUT2D eigenvalue weighted by Gasteiger charge is -2.20. The first-order valence-electron chi connectivity index (χ1n) is 9.62. The van der Waals surface area contributed by atoms with Gasteiger partial charge in [-0.2, -0.15) is 15.1 Å². The summed E-state index contributed by atoms with van der Waals surface area (Å²) in [5.74, 6) is 0.197. The molecule has 0 aliphatic carbocycles. The van der Waals surface area contributed by atoms with Crippen LogP contribution in [-0.4, -0.2) is 32.0 Å². The fourth-order valence-electron chi connectivity index (χ4n) is 3.61. The van der Waals surface area contributed by atoms with Gasteiger partial charge < -0.3 is 4.57 Å². The molecule has 1 aromatic carbocycles. The molecule has 1 amide bonds. The normalized spacial score (nSPS) is 18.4. The number of hydrogen-bond acceptors (Lipinski definition) is 4. The Morgan fingerprint density at radius 1 is 1.24 bits per heavy atom. The highest BCUT2D eigenvalue weighted by Gasteiger charge is 2.32. The maximum Gasteiger partial charge on any atom is 0.283 e. The van der Waals surface area contributed by atoms with Crippen molar-refractivity contribution in [2.45, 2.75) is 40.0 Å². The van der Waals surface area contributed by atoms with Gasteiger partial charge in [0.05, 0.1) is 11.1 Å². The maximum absolute atomic E-state index is 12.5.